The van der Waals surface area contributed by atoms with Gasteiger partial charge in [0, 0.05) is 5.02 Å². The average molecular weight is 289 g/mol. The summed E-state index contributed by atoms with van der Waals surface area (Å²) < 4.78 is 15.0. The summed E-state index contributed by atoms with van der Waals surface area (Å²) in [4.78, 5) is 22.0. The predicted molar refractivity (Wildman–Crippen MR) is 67.9 cm³/mol. The first-order valence-electron chi connectivity index (χ1n) is 5.70. The molecule has 1 rings (SSSR count). The molecule has 0 spiro atoms. The smallest absolute Gasteiger partial charge is 0.310 e. The van der Waals surface area contributed by atoms with Crippen LogP contribution < -0.4 is 0 Å². The van der Waals surface area contributed by atoms with Crippen molar-refractivity contribution in [1.29, 1.82) is 0 Å². The van der Waals surface area contributed by atoms with E-state index in [1.165, 1.54) is 31.2 Å². The highest BCUT2D eigenvalue weighted by molar-refractivity contribution is 6.30. The van der Waals surface area contributed by atoms with Crippen LogP contribution in [0.2, 0.25) is 5.02 Å². The molecule has 0 bridgehead atoms. The van der Waals surface area contributed by atoms with Gasteiger partial charge in [-0.2, -0.15) is 0 Å². The molecular formula is C13H14ClFO4. The quantitative estimate of drug-likeness (QED) is 0.843. The zero-order chi connectivity index (χ0) is 14.6. The molecule has 0 radical (unpaired) electrons. The molecule has 0 fully saturated rings. The Morgan fingerprint density at radius 1 is 1.32 bits per heavy atom. The summed E-state index contributed by atoms with van der Waals surface area (Å²) in [6.45, 7) is 1.50. The normalized spacial score (nSPS) is 15.5. The summed E-state index contributed by atoms with van der Waals surface area (Å²) in [5.41, 5.74) is -2.45. The van der Waals surface area contributed by atoms with Gasteiger partial charge in [0.2, 0.25) is 0 Å². The maximum absolute atomic E-state index is 15.0. The Morgan fingerprint density at radius 3 is 2.21 bits per heavy atom. The third-order valence-corrected chi connectivity index (χ3v) is 3.24. The minimum absolute atomic E-state index is 0.00792. The maximum atomic E-state index is 15.0. The minimum Gasteiger partial charge on any atom is -0.481 e. The lowest BCUT2D eigenvalue weighted by Crippen LogP contribution is -2.37. The highest BCUT2D eigenvalue weighted by Crippen LogP contribution is 2.40. The number of alkyl halides is 1. The van der Waals surface area contributed by atoms with Crippen molar-refractivity contribution in [3.05, 3.63) is 34.9 Å². The van der Waals surface area contributed by atoms with Crippen molar-refractivity contribution in [3.63, 3.8) is 0 Å². The van der Waals surface area contributed by atoms with Gasteiger partial charge in [0.15, 0.2) is 5.67 Å². The van der Waals surface area contributed by atoms with Crippen LogP contribution in [0.3, 0.4) is 0 Å². The molecule has 104 valence electrons. The molecule has 2 atom stereocenters. The topological polar surface area (TPSA) is 74.6 Å². The van der Waals surface area contributed by atoms with E-state index in [0.29, 0.717) is 5.02 Å². The number of hydrogen-bond acceptors (Lipinski definition) is 2. The van der Waals surface area contributed by atoms with E-state index in [0.717, 1.165) is 0 Å². The zero-order valence-corrected chi connectivity index (χ0v) is 11.0. The minimum atomic E-state index is -2.46. The number of benzene rings is 1. The highest BCUT2D eigenvalue weighted by Gasteiger charge is 2.46. The van der Waals surface area contributed by atoms with Crippen molar-refractivity contribution in [2.24, 2.45) is 5.92 Å². The van der Waals surface area contributed by atoms with Crippen LogP contribution in [0.25, 0.3) is 0 Å². The van der Waals surface area contributed by atoms with Crippen molar-refractivity contribution in [1.82, 2.24) is 0 Å². The van der Waals surface area contributed by atoms with Crippen LogP contribution >= 0.6 is 11.6 Å². The molecule has 19 heavy (non-hydrogen) atoms. The fraction of sp³-hybridized carbons (Fsp3) is 0.385. The van der Waals surface area contributed by atoms with Crippen molar-refractivity contribution in [2.45, 2.75) is 25.4 Å². The predicted octanol–water partition coefficient (Wildman–Crippen LogP) is 3.09. The van der Waals surface area contributed by atoms with E-state index in [1.807, 2.05) is 0 Å². The van der Waals surface area contributed by atoms with Gasteiger partial charge in [0.05, 0.1) is 12.3 Å². The van der Waals surface area contributed by atoms with Gasteiger partial charge in [0.25, 0.3) is 0 Å². The highest BCUT2D eigenvalue weighted by atomic mass is 35.5. The van der Waals surface area contributed by atoms with E-state index in [-0.39, 0.29) is 12.0 Å². The lowest BCUT2D eigenvalue weighted by Gasteiger charge is -2.29. The van der Waals surface area contributed by atoms with Crippen LogP contribution in [0.4, 0.5) is 4.39 Å². The molecule has 2 unspecified atom stereocenters. The molecule has 1 aromatic rings. The zero-order valence-electron chi connectivity index (χ0n) is 10.3. The van der Waals surface area contributed by atoms with Gasteiger partial charge in [-0.1, -0.05) is 30.7 Å². The van der Waals surface area contributed by atoms with Gasteiger partial charge in [0.1, 0.15) is 0 Å². The summed E-state index contributed by atoms with van der Waals surface area (Å²) >= 11 is 5.69. The summed E-state index contributed by atoms with van der Waals surface area (Å²) in [6, 6.07) is 5.44. The van der Waals surface area contributed by atoms with Gasteiger partial charge in [-0.3, -0.25) is 9.59 Å². The van der Waals surface area contributed by atoms with E-state index in [2.05, 4.69) is 0 Å². The van der Waals surface area contributed by atoms with Gasteiger partial charge in [-0.25, -0.2) is 4.39 Å². The molecule has 0 heterocycles. The summed E-state index contributed by atoms with van der Waals surface area (Å²) in [7, 11) is 0. The monoisotopic (exact) mass is 288 g/mol. The fourth-order valence-corrected chi connectivity index (χ4v) is 2.19. The van der Waals surface area contributed by atoms with E-state index >= 15 is 4.39 Å². The Hall–Kier alpha value is -1.62. The van der Waals surface area contributed by atoms with Crippen molar-refractivity contribution >= 4 is 23.5 Å². The van der Waals surface area contributed by atoms with Crippen molar-refractivity contribution < 1.29 is 24.2 Å². The number of carboxylic acid groups (broad SMARTS) is 2. The molecular weight excluding hydrogens is 275 g/mol. The summed E-state index contributed by atoms with van der Waals surface area (Å²) in [5, 5.41) is 18.3. The second-order valence-corrected chi connectivity index (χ2v) is 4.68. The lowest BCUT2D eigenvalue weighted by atomic mass is 9.79. The Kier molecular flexibility index (Phi) is 4.89. The maximum Gasteiger partial charge on any atom is 0.310 e. The first-order chi connectivity index (χ1) is 8.81. The Bertz CT molecular complexity index is 474. The third-order valence-electron chi connectivity index (χ3n) is 2.99. The molecule has 0 aliphatic rings. The molecule has 0 aliphatic heterocycles. The van der Waals surface area contributed by atoms with E-state index in [9.17, 15) is 9.59 Å². The molecule has 4 nitrogen and oxygen atoms in total. The van der Waals surface area contributed by atoms with E-state index in [4.69, 9.17) is 21.8 Å². The lowest BCUT2D eigenvalue weighted by molar-refractivity contribution is -0.152. The number of carboxylic acids is 2. The van der Waals surface area contributed by atoms with Crippen LogP contribution in [-0.2, 0) is 15.3 Å². The molecule has 0 saturated heterocycles. The van der Waals surface area contributed by atoms with Gasteiger partial charge in [-0.15, -0.1) is 0 Å². The number of hydrogen-bond donors (Lipinski definition) is 2. The second-order valence-electron chi connectivity index (χ2n) is 4.24. The summed E-state index contributed by atoms with van der Waals surface area (Å²) in [6.07, 6.45) is -0.915. The second kappa shape index (κ2) is 6.02. The number of aliphatic carboxylic acids is 2. The molecule has 6 heteroatoms. The Labute approximate surface area is 114 Å². The Morgan fingerprint density at radius 2 is 1.84 bits per heavy atom. The molecule has 0 aliphatic carbocycles. The molecule has 1 aromatic carbocycles. The number of carbonyl (C=O) groups is 2. The van der Waals surface area contributed by atoms with Gasteiger partial charge < -0.3 is 10.2 Å². The van der Waals surface area contributed by atoms with E-state index in [1.54, 1.807) is 0 Å². The first kappa shape index (κ1) is 15.4. The summed E-state index contributed by atoms with van der Waals surface area (Å²) in [5.74, 6) is -4.18. The Balaban J connectivity index is 3.29. The first-order valence-corrected chi connectivity index (χ1v) is 6.08. The molecule has 0 saturated carbocycles. The van der Waals surface area contributed by atoms with Crippen molar-refractivity contribution in [3.8, 4) is 0 Å². The number of rotatable bonds is 6. The standard InChI is InChI=1S/C13H14ClFO4/c1-2-10(12(18)19)13(15,7-11(16)17)8-3-5-9(14)6-4-8/h3-6,10H,2,7H2,1H3,(H,16,17)(H,18,19). The van der Waals surface area contributed by atoms with Crippen LogP contribution in [0.15, 0.2) is 24.3 Å². The third kappa shape index (κ3) is 3.44. The fourth-order valence-electron chi connectivity index (χ4n) is 2.07. The average Bonchev–Trinajstić information content (AvgIpc) is 2.28. The SMILES string of the molecule is CCC(C(=O)O)C(F)(CC(=O)O)c1ccc(Cl)cc1. The molecule has 0 aromatic heterocycles. The number of halogens is 2. The van der Waals surface area contributed by atoms with Crippen LogP contribution in [-0.4, -0.2) is 22.2 Å². The van der Waals surface area contributed by atoms with Crippen molar-refractivity contribution in [2.75, 3.05) is 0 Å². The molecule has 0 amide bonds. The van der Waals surface area contributed by atoms with Crippen LogP contribution in [0.1, 0.15) is 25.3 Å². The van der Waals surface area contributed by atoms with Crippen LogP contribution in [0, 0.1) is 5.92 Å². The molecule has 2 N–H and O–H groups in total. The van der Waals surface area contributed by atoms with E-state index < -0.39 is 29.9 Å². The van der Waals surface area contributed by atoms with Crippen LogP contribution in [0.5, 0.6) is 0 Å². The van der Waals surface area contributed by atoms with Gasteiger partial charge >= 0.3 is 11.9 Å². The largest absolute Gasteiger partial charge is 0.481 e. The van der Waals surface area contributed by atoms with Gasteiger partial charge in [-0.05, 0) is 24.1 Å².